The van der Waals surface area contributed by atoms with Gasteiger partial charge in [0.25, 0.3) is 0 Å². The first-order chi connectivity index (χ1) is 12.1. The average molecular weight is 335 g/mol. The van der Waals surface area contributed by atoms with Crippen molar-refractivity contribution in [2.45, 2.75) is 31.6 Å². The molecule has 5 nitrogen and oxygen atoms in total. The van der Waals surface area contributed by atoms with Gasteiger partial charge in [0.05, 0.1) is 17.0 Å². The van der Waals surface area contributed by atoms with E-state index in [2.05, 4.69) is 9.55 Å². The molecule has 0 bridgehead atoms. The third-order valence-electron chi connectivity index (χ3n) is 5.26. The minimum absolute atomic E-state index is 0.304. The number of carbonyl (C=O) groups is 1. The van der Waals surface area contributed by atoms with Gasteiger partial charge in [0.1, 0.15) is 5.82 Å². The predicted molar refractivity (Wildman–Crippen MR) is 98.7 cm³/mol. The van der Waals surface area contributed by atoms with E-state index in [1.54, 1.807) is 18.2 Å². The molecule has 0 aliphatic heterocycles. The first-order valence-electron chi connectivity index (χ1n) is 8.65. The molecule has 1 fully saturated rings. The molecule has 25 heavy (non-hydrogen) atoms. The highest BCUT2D eigenvalue weighted by atomic mass is 16.4. The number of carboxylic acid groups (broad SMARTS) is 1. The van der Waals surface area contributed by atoms with Gasteiger partial charge in [-0.15, -0.1) is 0 Å². The Kier molecular flexibility index (Phi) is 3.71. The highest BCUT2D eigenvalue weighted by Crippen LogP contribution is 2.44. The highest BCUT2D eigenvalue weighted by Gasteiger charge is 2.27. The number of anilines is 1. The lowest BCUT2D eigenvalue weighted by molar-refractivity contribution is 0.0697. The molecule has 0 amide bonds. The van der Waals surface area contributed by atoms with Gasteiger partial charge in [-0.1, -0.05) is 25.0 Å². The molecule has 3 N–H and O–H groups in total. The van der Waals surface area contributed by atoms with Gasteiger partial charge in [0, 0.05) is 18.0 Å². The van der Waals surface area contributed by atoms with E-state index in [0.717, 1.165) is 35.1 Å². The fourth-order valence-electron chi connectivity index (χ4n) is 4.12. The number of pyridine rings is 1. The highest BCUT2D eigenvalue weighted by molar-refractivity contribution is 5.97. The number of rotatable bonds is 3. The number of hydrogen-bond acceptors (Lipinski definition) is 3. The van der Waals surface area contributed by atoms with Crippen LogP contribution in [-0.2, 0) is 7.05 Å². The fourth-order valence-corrected chi connectivity index (χ4v) is 4.12. The van der Waals surface area contributed by atoms with Crippen LogP contribution >= 0.6 is 0 Å². The van der Waals surface area contributed by atoms with E-state index < -0.39 is 5.97 Å². The Hall–Kier alpha value is -2.82. The van der Waals surface area contributed by atoms with Crippen molar-refractivity contribution in [1.82, 2.24) is 9.55 Å². The molecule has 2 aromatic heterocycles. The maximum Gasteiger partial charge on any atom is 0.335 e. The van der Waals surface area contributed by atoms with Gasteiger partial charge >= 0.3 is 5.97 Å². The summed E-state index contributed by atoms with van der Waals surface area (Å²) in [5.74, 6) is 0.0677. The molecular weight excluding hydrogens is 314 g/mol. The zero-order valence-corrected chi connectivity index (χ0v) is 14.2. The topological polar surface area (TPSA) is 81.1 Å². The molecule has 128 valence electrons. The van der Waals surface area contributed by atoms with Crippen LogP contribution in [0.3, 0.4) is 0 Å². The third-order valence-corrected chi connectivity index (χ3v) is 5.26. The van der Waals surface area contributed by atoms with Crippen molar-refractivity contribution >= 4 is 22.7 Å². The normalized spacial score (nSPS) is 15.1. The zero-order valence-electron chi connectivity index (χ0n) is 14.2. The maximum absolute atomic E-state index is 11.4. The Morgan fingerprint density at radius 2 is 2.00 bits per heavy atom. The second kappa shape index (κ2) is 5.92. The number of aromatic carboxylic acids is 1. The maximum atomic E-state index is 11.4. The standard InChI is InChI=1S/C20H21N3O2/c1-23-16-11-13(20(24)25)9-10-14(16)18(12-5-2-3-6-12)19(23)15-7-4-8-17(21)22-15/h4,7-12H,2-3,5-6H2,1H3,(H2,21,22)(H,24,25). The summed E-state index contributed by atoms with van der Waals surface area (Å²) in [6.45, 7) is 0. The van der Waals surface area contributed by atoms with E-state index in [1.807, 2.05) is 25.2 Å². The van der Waals surface area contributed by atoms with E-state index in [9.17, 15) is 9.90 Å². The van der Waals surface area contributed by atoms with Crippen LogP contribution in [0.2, 0.25) is 0 Å². The molecule has 4 rings (SSSR count). The van der Waals surface area contributed by atoms with Crippen LogP contribution < -0.4 is 5.73 Å². The Morgan fingerprint density at radius 3 is 2.68 bits per heavy atom. The molecule has 0 spiro atoms. The fraction of sp³-hybridized carbons (Fsp3) is 0.300. The summed E-state index contributed by atoms with van der Waals surface area (Å²) in [4.78, 5) is 15.9. The minimum atomic E-state index is -0.908. The van der Waals surface area contributed by atoms with Gasteiger partial charge in [-0.25, -0.2) is 9.78 Å². The molecular formula is C20H21N3O2. The zero-order chi connectivity index (χ0) is 17.6. The lowest BCUT2D eigenvalue weighted by atomic mass is 9.93. The van der Waals surface area contributed by atoms with E-state index in [0.29, 0.717) is 17.3 Å². The number of carboxylic acids is 1. The second-order valence-corrected chi connectivity index (χ2v) is 6.79. The minimum Gasteiger partial charge on any atom is -0.478 e. The van der Waals surface area contributed by atoms with E-state index in [1.165, 1.54) is 18.4 Å². The van der Waals surface area contributed by atoms with Crippen molar-refractivity contribution in [2.24, 2.45) is 7.05 Å². The van der Waals surface area contributed by atoms with Crippen molar-refractivity contribution in [3.63, 3.8) is 0 Å². The van der Waals surface area contributed by atoms with Crippen molar-refractivity contribution in [1.29, 1.82) is 0 Å². The van der Waals surface area contributed by atoms with Crippen LogP contribution in [0.4, 0.5) is 5.82 Å². The lowest BCUT2D eigenvalue weighted by Crippen LogP contribution is -2.01. The van der Waals surface area contributed by atoms with Gasteiger partial charge < -0.3 is 15.4 Å². The Bertz CT molecular complexity index is 968. The number of hydrogen-bond donors (Lipinski definition) is 2. The molecule has 1 aliphatic carbocycles. The summed E-state index contributed by atoms with van der Waals surface area (Å²) in [6.07, 6.45) is 4.79. The van der Waals surface area contributed by atoms with Gasteiger partial charge in [-0.3, -0.25) is 0 Å². The van der Waals surface area contributed by atoms with Gasteiger partial charge in [0.15, 0.2) is 0 Å². The van der Waals surface area contributed by atoms with Gasteiger partial charge in [-0.2, -0.15) is 0 Å². The van der Waals surface area contributed by atoms with Crippen LogP contribution in [0.1, 0.15) is 47.5 Å². The first-order valence-corrected chi connectivity index (χ1v) is 8.65. The number of aryl methyl sites for hydroxylation is 1. The van der Waals surface area contributed by atoms with Crippen LogP contribution in [0.25, 0.3) is 22.3 Å². The predicted octanol–water partition coefficient (Wildman–Crippen LogP) is 4.18. The summed E-state index contributed by atoms with van der Waals surface area (Å²) in [6, 6.07) is 11.1. The summed E-state index contributed by atoms with van der Waals surface area (Å²) in [5, 5.41) is 10.5. The Balaban J connectivity index is 2.03. The van der Waals surface area contributed by atoms with Crippen molar-refractivity contribution < 1.29 is 9.90 Å². The van der Waals surface area contributed by atoms with Crippen LogP contribution in [-0.4, -0.2) is 20.6 Å². The van der Waals surface area contributed by atoms with E-state index >= 15 is 0 Å². The smallest absolute Gasteiger partial charge is 0.335 e. The summed E-state index contributed by atoms with van der Waals surface area (Å²) in [7, 11) is 1.98. The quantitative estimate of drug-likeness (QED) is 0.752. The van der Waals surface area contributed by atoms with Crippen molar-refractivity contribution in [3.05, 3.63) is 47.5 Å². The van der Waals surface area contributed by atoms with Gasteiger partial charge in [-0.05, 0) is 48.6 Å². The monoisotopic (exact) mass is 335 g/mol. The number of nitrogens with two attached hydrogens (primary N) is 1. The number of nitrogens with zero attached hydrogens (tertiary/aromatic N) is 2. The molecule has 0 saturated heterocycles. The van der Waals surface area contributed by atoms with Crippen molar-refractivity contribution in [3.8, 4) is 11.4 Å². The summed E-state index contributed by atoms with van der Waals surface area (Å²) >= 11 is 0. The van der Waals surface area contributed by atoms with Gasteiger partial charge in [0.2, 0.25) is 0 Å². The first kappa shape index (κ1) is 15.7. The molecule has 0 radical (unpaired) electrons. The molecule has 3 aromatic rings. The molecule has 1 aliphatic rings. The Morgan fingerprint density at radius 1 is 1.24 bits per heavy atom. The Labute approximate surface area is 146 Å². The van der Waals surface area contributed by atoms with Crippen molar-refractivity contribution in [2.75, 3.05) is 5.73 Å². The van der Waals surface area contributed by atoms with E-state index in [4.69, 9.17) is 5.73 Å². The van der Waals surface area contributed by atoms with Crippen LogP contribution in [0.15, 0.2) is 36.4 Å². The van der Waals surface area contributed by atoms with E-state index in [-0.39, 0.29) is 0 Å². The molecule has 0 atom stereocenters. The number of benzene rings is 1. The average Bonchev–Trinajstić information content (AvgIpc) is 3.21. The third kappa shape index (κ3) is 2.56. The molecule has 1 saturated carbocycles. The SMILES string of the molecule is Cn1c(-c2cccc(N)n2)c(C2CCCC2)c2ccc(C(=O)O)cc21. The number of aromatic nitrogens is 2. The molecule has 0 unspecified atom stereocenters. The summed E-state index contributed by atoms with van der Waals surface area (Å²) in [5.41, 5.74) is 10.3. The number of fused-ring (bicyclic) bond motifs is 1. The van der Waals surface area contributed by atoms with Crippen LogP contribution in [0.5, 0.6) is 0 Å². The molecule has 5 heteroatoms. The molecule has 2 heterocycles. The number of nitrogen functional groups attached to an aromatic ring is 1. The second-order valence-electron chi connectivity index (χ2n) is 6.79. The lowest BCUT2D eigenvalue weighted by Gasteiger charge is -2.13. The summed E-state index contributed by atoms with van der Waals surface area (Å²) < 4.78 is 2.07. The molecule has 1 aromatic carbocycles. The van der Waals surface area contributed by atoms with Crippen LogP contribution in [0, 0.1) is 0 Å². The largest absolute Gasteiger partial charge is 0.478 e.